The van der Waals surface area contributed by atoms with E-state index in [4.69, 9.17) is 4.74 Å². The van der Waals surface area contributed by atoms with Crippen LogP contribution in [0.1, 0.15) is 22.3 Å². The molecule has 0 aliphatic heterocycles. The molecule has 0 heterocycles. The lowest BCUT2D eigenvalue weighted by Crippen LogP contribution is -2.28. The first-order valence-electron chi connectivity index (χ1n) is 19.5. The summed E-state index contributed by atoms with van der Waals surface area (Å²) in [4.78, 5) is 2.35. The van der Waals surface area contributed by atoms with Crippen LogP contribution in [0.15, 0.2) is 237 Å². The maximum Gasteiger partial charge on any atom is 0.152 e. The highest BCUT2D eigenvalue weighted by Gasteiger charge is 2.46. The van der Waals surface area contributed by atoms with Gasteiger partial charge in [-0.15, -0.1) is 0 Å². The summed E-state index contributed by atoms with van der Waals surface area (Å²) in [5.74, 6) is 1.54. The highest BCUT2D eigenvalue weighted by atomic mass is 16.5. The number of hydrogen-bond acceptors (Lipinski definition) is 2. The van der Waals surface area contributed by atoms with Gasteiger partial charge in [0, 0.05) is 11.4 Å². The predicted molar refractivity (Wildman–Crippen MR) is 236 cm³/mol. The van der Waals surface area contributed by atoms with Crippen molar-refractivity contribution in [2.24, 2.45) is 0 Å². The molecule has 2 heteroatoms. The van der Waals surface area contributed by atoms with Gasteiger partial charge in [0.2, 0.25) is 0 Å². The van der Waals surface area contributed by atoms with E-state index in [1.807, 2.05) is 30.3 Å². The maximum absolute atomic E-state index is 6.87. The highest BCUT2D eigenvalue weighted by molar-refractivity contribution is 5.91. The third-order valence-corrected chi connectivity index (χ3v) is 11.2. The Balaban J connectivity index is 1.22. The average molecular weight is 730 g/mol. The summed E-state index contributed by atoms with van der Waals surface area (Å²) in [5, 5.41) is 0. The number of hydrogen-bond donors (Lipinski definition) is 0. The van der Waals surface area contributed by atoms with Gasteiger partial charge < -0.3 is 9.64 Å². The van der Waals surface area contributed by atoms with E-state index in [0.29, 0.717) is 0 Å². The number of nitrogens with zero attached hydrogens (tertiary/aromatic N) is 1. The van der Waals surface area contributed by atoms with Gasteiger partial charge in [0.05, 0.1) is 11.1 Å². The predicted octanol–water partition coefficient (Wildman–Crippen LogP) is 14.6. The van der Waals surface area contributed by atoms with Crippen LogP contribution in [-0.2, 0) is 5.41 Å². The van der Waals surface area contributed by atoms with E-state index in [2.05, 4.69) is 211 Å². The summed E-state index contributed by atoms with van der Waals surface area (Å²) in [6.07, 6.45) is 0. The molecule has 0 N–H and O–H groups in total. The fourth-order valence-corrected chi connectivity index (χ4v) is 8.64. The zero-order valence-corrected chi connectivity index (χ0v) is 31.4. The summed E-state index contributed by atoms with van der Waals surface area (Å²) in [6.45, 7) is 0. The van der Waals surface area contributed by atoms with Crippen molar-refractivity contribution in [3.8, 4) is 44.9 Å². The van der Waals surface area contributed by atoms with Crippen LogP contribution < -0.4 is 9.64 Å². The number of anilines is 3. The first kappa shape index (κ1) is 34.1. The molecule has 0 amide bonds. The van der Waals surface area contributed by atoms with Crippen molar-refractivity contribution in [1.29, 1.82) is 0 Å². The zero-order valence-electron chi connectivity index (χ0n) is 31.4. The Labute approximate surface area is 334 Å². The number of para-hydroxylation sites is 1. The van der Waals surface area contributed by atoms with E-state index < -0.39 is 5.41 Å². The van der Waals surface area contributed by atoms with Gasteiger partial charge in [-0.2, -0.15) is 0 Å². The largest absolute Gasteiger partial charge is 0.455 e. The molecule has 0 bridgehead atoms. The maximum atomic E-state index is 6.87. The molecule has 9 aromatic carbocycles. The molecule has 2 nitrogen and oxygen atoms in total. The molecule has 0 radical (unpaired) electrons. The smallest absolute Gasteiger partial charge is 0.152 e. The van der Waals surface area contributed by atoms with Gasteiger partial charge in [0.1, 0.15) is 5.75 Å². The Bertz CT molecular complexity index is 2740. The molecule has 0 atom stereocenters. The van der Waals surface area contributed by atoms with Gasteiger partial charge in [0.25, 0.3) is 0 Å². The molecule has 0 saturated heterocycles. The molecule has 0 aromatic heterocycles. The lowest BCUT2D eigenvalue weighted by atomic mass is 9.67. The number of rotatable bonds is 9. The number of benzene rings is 9. The normalized spacial score (nSPS) is 12.4. The molecule has 0 fully saturated rings. The highest BCUT2D eigenvalue weighted by Crippen LogP contribution is 2.57. The summed E-state index contributed by atoms with van der Waals surface area (Å²) < 4.78 is 6.87. The van der Waals surface area contributed by atoms with Crippen LogP contribution >= 0.6 is 0 Å². The van der Waals surface area contributed by atoms with Crippen molar-refractivity contribution >= 4 is 17.1 Å². The van der Waals surface area contributed by atoms with Crippen molar-refractivity contribution in [2.45, 2.75) is 5.41 Å². The topological polar surface area (TPSA) is 12.5 Å². The number of ether oxygens (including phenoxy) is 1. The molecular formula is C55H39NO. The summed E-state index contributed by atoms with van der Waals surface area (Å²) in [6, 6.07) is 84.5. The van der Waals surface area contributed by atoms with E-state index in [1.165, 1.54) is 38.9 Å². The van der Waals surface area contributed by atoms with E-state index in [1.54, 1.807) is 0 Å². The van der Waals surface area contributed by atoms with Crippen molar-refractivity contribution < 1.29 is 4.74 Å². The minimum Gasteiger partial charge on any atom is -0.455 e. The van der Waals surface area contributed by atoms with Crippen molar-refractivity contribution in [3.63, 3.8) is 0 Å². The van der Waals surface area contributed by atoms with Crippen LogP contribution in [0.5, 0.6) is 11.5 Å². The van der Waals surface area contributed by atoms with Crippen molar-refractivity contribution in [1.82, 2.24) is 0 Å². The SMILES string of the molecule is c1ccc(Oc2cc(-c3ccccc3)ccc2N(c2ccc(-c3ccccc3)cc2)c2ccc3c(c2)C(c2ccccc2)(c2ccccc2)c2ccccc2-3)cc1. The molecule has 1 aliphatic carbocycles. The zero-order chi connectivity index (χ0) is 38.0. The Morgan fingerprint density at radius 3 is 1.44 bits per heavy atom. The van der Waals surface area contributed by atoms with Crippen molar-refractivity contribution in [3.05, 3.63) is 259 Å². The van der Waals surface area contributed by atoms with Gasteiger partial charge in [-0.25, -0.2) is 0 Å². The minimum absolute atomic E-state index is 0.534. The lowest BCUT2D eigenvalue weighted by molar-refractivity contribution is 0.484. The molecule has 0 spiro atoms. The van der Waals surface area contributed by atoms with E-state index in [9.17, 15) is 0 Å². The molecular weight excluding hydrogens is 691 g/mol. The van der Waals surface area contributed by atoms with Crippen molar-refractivity contribution in [2.75, 3.05) is 4.90 Å². The quantitative estimate of drug-likeness (QED) is 0.147. The minimum atomic E-state index is -0.534. The van der Waals surface area contributed by atoms with Crippen LogP contribution in [0, 0.1) is 0 Å². The molecule has 57 heavy (non-hydrogen) atoms. The van der Waals surface area contributed by atoms with E-state index in [0.717, 1.165) is 45.3 Å². The monoisotopic (exact) mass is 729 g/mol. The Kier molecular flexibility index (Phi) is 8.78. The van der Waals surface area contributed by atoms with Crippen LogP contribution in [0.3, 0.4) is 0 Å². The Morgan fingerprint density at radius 1 is 0.333 bits per heavy atom. The average Bonchev–Trinajstić information content (AvgIpc) is 3.59. The molecule has 10 rings (SSSR count). The molecule has 270 valence electrons. The first-order chi connectivity index (χ1) is 28.3. The Morgan fingerprint density at radius 2 is 0.807 bits per heavy atom. The van der Waals surface area contributed by atoms with E-state index >= 15 is 0 Å². The summed E-state index contributed by atoms with van der Waals surface area (Å²) in [7, 11) is 0. The fourth-order valence-electron chi connectivity index (χ4n) is 8.64. The van der Waals surface area contributed by atoms with Gasteiger partial charge in [-0.3, -0.25) is 0 Å². The van der Waals surface area contributed by atoms with Crippen LogP contribution in [0.2, 0.25) is 0 Å². The van der Waals surface area contributed by atoms with Gasteiger partial charge in [0.15, 0.2) is 5.75 Å². The third kappa shape index (κ3) is 6.09. The molecule has 1 aliphatic rings. The molecule has 0 saturated carbocycles. The molecule has 0 unspecified atom stereocenters. The third-order valence-electron chi connectivity index (χ3n) is 11.2. The van der Waals surface area contributed by atoms with Crippen LogP contribution in [0.25, 0.3) is 33.4 Å². The second-order valence-electron chi connectivity index (χ2n) is 14.5. The first-order valence-corrected chi connectivity index (χ1v) is 19.5. The van der Waals surface area contributed by atoms with Crippen LogP contribution in [0.4, 0.5) is 17.1 Å². The second kappa shape index (κ2) is 14.7. The van der Waals surface area contributed by atoms with Gasteiger partial charge >= 0.3 is 0 Å². The summed E-state index contributed by atoms with van der Waals surface area (Å²) >= 11 is 0. The van der Waals surface area contributed by atoms with Gasteiger partial charge in [-0.1, -0.05) is 188 Å². The van der Waals surface area contributed by atoms with E-state index in [-0.39, 0.29) is 0 Å². The molecule has 9 aromatic rings. The lowest BCUT2D eigenvalue weighted by Gasteiger charge is -2.35. The summed E-state index contributed by atoms with van der Waals surface area (Å²) in [5.41, 5.74) is 14.5. The standard InChI is InChI=1S/C55H39NO/c1-6-18-40(19-7-1)42-30-33-46(34-31-42)56(53-37-32-43(41-20-8-2-9-21-41)38-54(53)57-48-26-14-5-15-27-48)47-35-36-50-49-28-16-17-29-51(49)55(52(50)39-47,44-22-10-3-11-23-44)45-24-12-4-13-25-45/h1-39H. The second-order valence-corrected chi connectivity index (χ2v) is 14.5. The van der Waals surface area contributed by atoms with Gasteiger partial charge in [-0.05, 0) is 104 Å². The fraction of sp³-hybridized carbons (Fsp3) is 0.0182. The van der Waals surface area contributed by atoms with Crippen LogP contribution in [-0.4, -0.2) is 0 Å². The Hall–Kier alpha value is -7.42. The number of fused-ring (bicyclic) bond motifs is 3.